The number of amides is 1. The van der Waals surface area contributed by atoms with Crippen molar-refractivity contribution in [3.05, 3.63) is 54.1 Å². The van der Waals surface area contributed by atoms with Gasteiger partial charge in [-0.25, -0.2) is 4.39 Å². The monoisotopic (exact) mass is 373 g/mol. The zero-order valence-electron chi connectivity index (χ0n) is 15.4. The zero-order chi connectivity index (χ0) is 19.1. The number of benzene rings is 1. The molecular weight excluding hydrogens is 349 g/mol. The van der Waals surface area contributed by atoms with E-state index in [1.165, 1.54) is 30.5 Å². The normalized spacial score (nSPS) is 17.5. The molecule has 1 aliphatic heterocycles. The molecule has 1 aromatic carbocycles. The van der Waals surface area contributed by atoms with Crippen LogP contribution in [0.2, 0.25) is 0 Å². The van der Waals surface area contributed by atoms with Crippen LogP contribution in [0.3, 0.4) is 0 Å². The minimum atomic E-state index is -0.334. The molecular formula is C20H24FN3O3. The fourth-order valence-electron chi connectivity index (χ4n) is 2.96. The second kappa shape index (κ2) is 9.43. The van der Waals surface area contributed by atoms with Gasteiger partial charge in [-0.3, -0.25) is 14.7 Å². The van der Waals surface area contributed by atoms with E-state index in [9.17, 15) is 9.18 Å². The highest BCUT2D eigenvalue weighted by Gasteiger charge is 2.20. The molecule has 2 heterocycles. The number of aromatic nitrogens is 1. The van der Waals surface area contributed by atoms with E-state index in [2.05, 4.69) is 22.1 Å². The van der Waals surface area contributed by atoms with Gasteiger partial charge in [0.1, 0.15) is 23.0 Å². The van der Waals surface area contributed by atoms with Gasteiger partial charge < -0.3 is 14.8 Å². The molecule has 1 saturated heterocycles. The maximum atomic E-state index is 13.0. The standard InChI is InChI=1S/C20H24FN3O3/c1-2-9-24-10-11-26-18(14-24)13-23-20(25)19-12-17(7-8-22-19)27-16-5-3-15(21)4-6-16/h3-8,12,18H,2,9-11,13-14H2,1H3,(H,23,25). The molecule has 1 aromatic heterocycles. The molecule has 1 aliphatic rings. The molecule has 0 radical (unpaired) electrons. The number of pyridine rings is 1. The van der Waals surface area contributed by atoms with Crippen molar-refractivity contribution in [1.82, 2.24) is 15.2 Å². The molecule has 0 saturated carbocycles. The third kappa shape index (κ3) is 5.74. The van der Waals surface area contributed by atoms with Gasteiger partial charge in [-0.1, -0.05) is 6.92 Å². The number of ether oxygens (including phenoxy) is 2. The second-order valence-electron chi connectivity index (χ2n) is 6.44. The summed E-state index contributed by atoms with van der Waals surface area (Å²) >= 11 is 0. The summed E-state index contributed by atoms with van der Waals surface area (Å²) in [5.41, 5.74) is 0.260. The SMILES string of the molecule is CCCN1CCOC(CNC(=O)c2cc(Oc3ccc(F)cc3)ccn2)C1. The summed E-state index contributed by atoms with van der Waals surface area (Å²) in [6.45, 7) is 6.05. The van der Waals surface area contributed by atoms with Crippen molar-refractivity contribution in [2.45, 2.75) is 19.4 Å². The van der Waals surface area contributed by atoms with Gasteiger partial charge in [0.25, 0.3) is 5.91 Å². The summed E-state index contributed by atoms with van der Waals surface area (Å²) in [7, 11) is 0. The average Bonchev–Trinajstić information content (AvgIpc) is 2.69. The average molecular weight is 373 g/mol. The van der Waals surface area contributed by atoms with Crippen molar-refractivity contribution in [1.29, 1.82) is 0 Å². The lowest BCUT2D eigenvalue weighted by molar-refractivity contribution is -0.0262. The Bertz CT molecular complexity index is 752. The van der Waals surface area contributed by atoms with Crippen LogP contribution in [0.4, 0.5) is 4.39 Å². The van der Waals surface area contributed by atoms with Gasteiger partial charge in [-0.05, 0) is 43.3 Å². The molecule has 1 fully saturated rings. The number of nitrogens with one attached hydrogen (secondary N) is 1. The Kier molecular flexibility index (Phi) is 6.73. The fourth-order valence-corrected chi connectivity index (χ4v) is 2.96. The topological polar surface area (TPSA) is 63.7 Å². The summed E-state index contributed by atoms with van der Waals surface area (Å²) in [4.78, 5) is 18.8. The molecule has 1 atom stereocenters. The molecule has 6 nitrogen and oxygen atoms in total. The molecule has 0 spiro atoms. The van der Waals surface area contributed by atoms with Crippen LogP contribution < -0.4 is 10.1 Å². The van der Waals surface area contributed by atoms with Crippen LogP contribution in [0, 0.1) is 5.82 Å². The zero-order valence-corrected chi connectivity index (χ0v) is 15.4. The number of nitrogens with zero attached hydrogens (tertiary/aromatic N) is 2. The van der Waals surface area contributed by atoms with Crippen LogP contribution in [0.5, 0.6) is 11.5 Å². The summed E-state index contributed by atoms with van der Waals surface area (Å²) in [5.74, 6) is 0.334. The van der Waals surface area contributed by atoms with E-state index >= 15 is 0 Å². The van der Waals surface area contributed by atoms with Crippen molar-refractivity contribution in [2.75, 3.05) is 32.8 Å². The Morgan fingerprint density at radius 2 is 2.15 bits per heavy atom. The van der Waals surface area contributed by atoms with E-state index < -0.39 is 0 Å². The lowest BCUT2D eigenvalue weighted by Gasteiger charge is -2.32. The molecule has 27 heavy (non-hydrogen) atoms. The lowest BCUT2D eigenvalue weighted by Crippen LogP contribution is -2.47. The number of carbonyl (C=O) groups is 1. The Morgan fingerprint density at radius 1 is 1.33 bits per heavy atom. The predicted molar refractivity (Wildman–Crippen MR) is 99.5 cm³/mol. The minimum absolute atomic E-state index is 0.0205. The molecule has 2 aromatic rings. The maximum Gasteiger partial charge on any atom is 0.270 e. The highest BCUT2D eigenvalue weighted by atomic mass is 19.1. The first-order valence-electron chi connectivity index (χ1n) is 9.15. The number of rotatable bonds is 7. The first-order chi connectivity index (χ1) is 13.1. The van der Waals surface area contributed by atoms with Crippen LogP contribution in [-0.2, 0) is 4.74 Å². The molecule has 1 amide bonds. The summed E-state index contributed by atoms with van der Waals surface area (Å²) in [6, 6.07) is 8.89. The Hall–Kier alpha value is -2.51. The van der Waals surface area contributed by atoms with E-state index in [1.807, 2.05) is 0 Å². The van der Waals surface area contributed by atoms with E-state index in [4.69, 9.17) is 9.47 Å². The quantitative estimate of drug-likeness (QED) is 0.809. The van der Waals surface area contributed by atoms with E-state index in [1.54, 1.807) is 12.1 Å². The van der Waals surface area contributed by atoms with Crippen LogP contribution in [0.25, 0.3) is 0 Å². The van der Waals surface area contributed by atoms with Gasteiger partial charge >= 0.3 is 0 Å². The van der Waals surface area contributed by atoms with Gasteiger partial charge in [0.15, 0.2) is 0 Å². The number of morpholine rings is 1. The maximum absolute atomic E-state index is 13.0. The molecule has 144 valence electrons. The van der Waals surface area contributed by atoms with Gasteiger partial charge in [0.05, 0.1) is 12.7 Å². The minimum Gasteiger partial charge on any atom is -0.457 e. The number of hydrogen-bond donors (Lipinski definition) is 1. The Labute approximate surface area is 158 Å². The van der Waals surface area contributed by atoms with E-state index in [-0.39, 0.29) is 23.5 Å². The van der Waals surface area contributed by atoms with Crippen molar-refractivity contribution in [3.8, 4) is 11.5 Å². The largest absolute Gasteiger partial charge is 0.457 e. The Balaban J connectivity index is 1.54. The molecule has 3 rings (SSSR count). The summed E-state index contributed by atoms with van der Waals surface area (Å²) in [6.07, 6.45) is 2.59. The van der Waals surface area contributed by atoms with Gasteiger partial charge in [0, 0.05) is 31.9 Å². The van der Waals surface area contributed by atoms with Crippen LogP contribution >= 0.6 is 0 Å². The Morgan fingerprint density at radius 3 is 2.93 bits per heavy atom. The van der Waals surface area contributed by atoms with Crippen LogP contribution in [0.1, 0.15) is 23.8 Å². The molecule has 0 aliphatic carbocycles. The first kappa shape index (κ1) is 19.3. The smallest absolute Gasteiger partial charge is 0.270 e. The van der Waals surface area contributed by atoms with Crippen molar-refractivity contribution in [3.63, 3.8) is 0 Å². The summed E-state index contributed by atoms with van der Waals surface area (Å²) in [5, 5.41) is 2.87. The third-order valence-corrected chi connectivity index (χ3v) is 4.27. The van der Waals surface area contributed by atoms with Crippen molar-refractivity contribution >= 4 is 5.91 Å². The molecule has 0 bridgehead atoms. The third-order valence-electron chi connectivity index (χ3n) is 4.27. The van der Waals surface area contributed by atoms with E-state index in [0.717, 1.165) is 26.1 Å². The first-order valence-corrected chi connectivity index (χ1v) is 9.15. The van der Waals surface area contributed by atoms with E-state index in [0.29, 0.717) is 24.7 Å². The van der Waals surface area contributed by atoms with Crippen molar-refractivity contribution < 1.29 is 18.7 Å². The van der Waals surface area contributed by atoms with Gasteiger partial charge in [-0.15, -0.1) is 0 Å². The van der Waals surface area contributed by atoms with Crippen LogP contribution in [0.15, 0.2) is 42.6 Å². The number of halogens is 1. The second-order valence-corrected chi connectivity index (χ2v) is 6.44. The van der Waals surface area contributed by atoms with Gasteiger partial charge in [0.2, 0.25) is 0 Å². The highest BCUT2D eigenvalue weighted by molar-refractivity contribution is 5.92. The van der Waals surface area contributed by atoms with Gasteiger partial charge in [-0.2, -0.15) is 0 Å². The predicted octanol–water partition coefficient (Wildman–Crippen LogP) is 2.85. The number of hydrogen-bond acceptors (Lipinski definition) is 5. The lowest BCUT2D eigenvalue weighted by atomic mass is 10.2. The molecule has 1 N–H and O–H groups in total. The molecule has 1 unspecified atom stereocenters. The highest BCUT2D eigenvalue weighted by Crippen LogP contribution is 2.21. The molecule has 7 heteroatoms. The number of carbonyl (C=O) groups excluding carboxylic acids is 1. The van der Waals surface area contributed by atoms with Crippen molar-refractivity contribution in [2.24, 2.45) is 0 Å². The fraction of sp³-hybridized carbons (Fsp3) is 0.400. The summed E-state index contributed by atoms with van der Waals surface area (Å²) < 4.78 is 24.3. The van der Waals surface area contributed by atoms with Crippen LogP contribution in [-0.4, -0.2) is 54.7 Å².